The number of nitrogens with one attached hydrogen (secondary N) is 1. The minimum atomic E-state index is -4.17. The molecule has 0 saturated carbocycles. The first kappa shape index (κ1) is 19.8. The van der Waals surface area contributed by atoms with E-state index in [0.29, 0.717) is 10.9 Å². The number of hydrogen-bond donors (Lipinski definition) is 3. The van der Waals surface area contributed by atoms with E-state index < -0.39 is 21.5 Å². The Bertz CT molecular complexity index is 1110. The van der Waals surface area contributed by atoms with Crippen LogP contribution in [-0.4, -0.2) is 35.1 Å². The average molecular weight is 400 g/mol. The van der Waals surface area contributed by atoms with Gasteiger partial charge in [0.25, 0.3) is 0 Å². The second kappa shape index (κ2) is 7.57. The van der Waals surface area contributed by atoms with Gasteiger partial charge in [-0.2, -0.15) is 4.72 Å². The van der Waals surface area contributed by atoms with E-state index in [9.17, 15) is 23.4 Å². The SMILES string of the molecule is CC[C@@](Cc1ccc(O)cc1)(NS(=O)(=O)c1cccc2cccnc12)C(=O)O. The summed E-state index contributed by atoms with van der Waals surface area (Å²) in [4.78, 5) is 16.2. The van der Waals surface area contributed by atoms with Crippen molar-refractivity contribution in [3.63, 3.8) is 0 Å². The Hall–Kier alpha value is -2.97. The molecule has 1 heterocycles. The van der Waals surface area contributed by atoms with Gasteiger partial charge in [0.15, 0.2) is 0 Å². The van der Waals surface area contributed by atoms with Crippen molar-refractivity contribution in [1.82, 2.24) is 9.71 Å². The number of sulfonamides is 1. The van der Waals surface area contributed by atoms with Crippen LogP contribution in [-0.2, 0) is 21.2 Å². The van der Waals surface area contributed by atoms with Gasteiger partial charge in [-0.3, -0.25) is 9.78 Å². The molecule has 0 aliphatic rings. The Morgan fingerprint density at radius 2 is 1.79 bits per heavy atom. The number of rotatable bonds is 7. The second-order valence-corrected chi connectivity index (χ2v) is 8.17. The number of aromatic nitrogens is 1. The first-order valence-electron chi connectivity index (χ1n) is 8.66. The molecule has 0 saturated heterocycles. The standard InChI is InChI=1S/C20H20N2O5S/c1-2-20(19(24)25,13-14-8-10-16(23)11-9-14)22-28(26,27)17-7-3-5-15-6-4-12-21-18(15)17/h3-12,22-23H,2,13H2,1H3,(H,24,25)/t20-/m0/s1. The van der Waals surface area contributed by atoms with Crippen LogP contribution >= 0.6 is 0 Å². The molecule has 1 aromatic heterocycles. The number of phenolic OH excluding ortho intramolecular Hbond substituents is 1. The highest BCUT2D eigenvalue weighted by molar-refractivity contribution is 7.89. The van der Waals surface area contributed by atoms with E-state index in [1.807, 2.05) is 0 Å². The highest BCUT2D eigenvalue weighted by Gasteiger charge is 2.41. The highest BCUT2D eigenvalue weighted by atomic mass is 32.2. The summed E-state index contributed by atoms with van der Waals surface area (Å²) in [5.41, 5.74) is -0.884. The van der Waals surface area contributed by atoms with E-state index in [-0.39, 0.29) is 29.0 Å². The van der Waals surface area contributed by atoms with Gasteiger partial charge in [0.2, 0.25) is 10.0 Å². The second-order valence-electron chi connectivity index (χ2n) is 6.52. The number of para-hydroxylation sites is 1. The summed E-state index contributed by atoms with van der Waals surface area (Å²) >= 11 is 0. The van der Waals surface area contributed by atoms with E-state index >= 15 is 0 Å². The molecule has 2 aromatic carbocycles. The predicted octanol–water partition coefficient (Wildman–Crippen LogP) is 2.69. The number of aliphatic carboxylic acids is 1. The Labute approximate surface area is 162 Å². The predicted molar refractivity (Wildman–Crippen MR) is 105 cm³/mol. The number of carboxylic acids is 1. The van der Waals surface area contributed by atoms with Crippen molar-refractivity contribution >= 4 is 26.9 Å². The molecule has 0 unspecified atom stereocenters. The van der Waals surface area contributed by atoms with Crippen LogP contribution in [0.5, 0.6) is 5.75 Å². The van der Waals surface area contributed by atoms with Crippen LogP contribution in [0.4, 0.5) is 0 Å². The molecule has 0 aliphatic heterocycles. The molecule has 0 aliphatic carbocycles. The van der Waals surface area contributed by atoms with Gasteiger partial charge in [-0.15, -0.1) is 0 Å². The van der Waals surface area contributed by atoms with E-state index in [1.165, 1.54) is 24.4 Å². The molecular formula is C20H20N2O5S. The van der Waals surface area contributed by atoms with Gasteiger partial charge in [-0.1, -0.05) is 37.3 Å². The van der Waals surface area contributed by atoms with Crippen LogP contribution in [0, 0.1) is 0 Å². The molecule has 0 bridgehead atoms. The number of carbonyl (C=O) groups is 1. The zero-order valence-corrected chi connectivity index (χ0v) is 16.0. The molecule has 146 valence electrons. The quantitative estimate of drug-likeness (QED) is 0.561. The number of pyridine rings is 1. The zero-order chi connectivity index (χ0) is 20.4. The maximum Gasteiger partial charge on any atom is 0.325 e. The molecule has 3 aromatic rings. The molecule has 7 nitrogen and oxygen atoms in total. The molecule has 8 heteroatoms. The Balaban J connectivity index is 2.04. The van der Waals surface area contributed by atoms with Crippen molar-refractivity contribution in [2.24, 2.45) is 0 Å². The van der Waals surface area contributed by atoms with Crippen molar-refractivity contribution in [3.05, 3.63) is 66.4 Å². The van der Waals surface area contributed by atoms with Crippen LogP contribution < -0.4 is 4.72 Å². The number of nitrogens with zero attached hydrogens (tertiary/aromatic N) is 1. The zero-order valence-electron chi connectivity index (χ0n) is 15.2. The van der Waals surface area contributed by atoms with Crippen LogP contribution in [0.15, 0.2) is 65.7 Å². The number of hydrogen-bond acceptors (Lipinski definition) is 5. The Morgan fingerprint density at radius 1 is 1.11 bits per heavy atom. The first-order valence-corrected chi connectivity index (χ1v) is 10.1. The van der Waals surface area contributed by atoms with Gasteiger partial charge in [0, 0.05) is 18.0 Å². The number of carboxylic acid groups (broad SMARTS) is 1. The van der Waals surface area contributed by atoms with Crippen molar-refractivity contribution in [1.29, 1.82) is 0 Å². The molecule has 0 spiro atoms. The van der Waals surface area contributed by atoms with Gasteiger partial charge >= 0.3 is 5.97 Å². The third kappa shape index (κ3) is 3.83. The summed E-state index contributed by atoms with van der Waals surface area (Å²) in [7, 11) is -4.17. The first-order chi connectivity index (χ1) is 13.3. The van der Waals surface area contributed by atoms with E-state index in [0.717, 1.165) is 0 Å². The van der Waals surface area contributed by atoms with Gasteiger partial charge in [-0.25, -0.2) is 8.42 Å². The van der Waals surface area contributed by atoms with Crippen LogP contribution in [0.3, 0.4) is 0 Å². The van der Waals surface area contributed by atoms with Gasteiger partial charge < -0.3 is 10.2 Å². The average Bonchev–Trinajstić information content (AvgIpc) is 2.68. The monoisotopic (exact) mass is 400 g/mol. The molecular weight excluding hydrogens is 380 g/mol. The third-order valence-corrected chi connectivity index (χ3v) is 6.24. The molecule has 28 heavy (non-hydrogen) atoms. The van der Waals surface area contributed by atoms with Crippen molar-refractivity contribution in [3.8, 4) is 5.75 Å². The van der Waals surface area contributed by atoms with E-state index in [1.54, 1.807) is 43.3 Å². The number of aromatic hydroxyl groups is 1. The Morgan fingerprint density at radius 3 is 2.43 bits per heavy atom. The summed E-state index contributed by atoms with van der Waals surface area (Å²) in [6.07, 6.45) is 1.44. The third-order valence-electron chi connectivity index (χ3n) is 4.67. The lowest BCUT2D eigenvalue weighted by Gasteiger charge is -2.29. The van der Waals surface area contributed by atoms with Crippen molar-refractivity contribution in [2.45, 2.75) is 30.2 Å². The maximum atomic E-state index is 13.1. The minimum absolute atomic E-state index is 0.0284. The van der Waals surface area contributed by atoms with Crippen LogP contribution in [0.25, 0.3) is 10.9 Å². The largest absolute Gasteiger partial charge is 0.508 e. The lowest BCUT2D eigenvalue weighted by Crippen LogP contribution is -2.55. The molecule has 0 radical (unpaired) electrons. The van der Waals surface area contributed by atoms with Gasteiger partial charge in [0.05, 0.1) is 5.52 Å². The van der Waals surface area contributed by atoms with Crippen molar-refractivity contribution < 1.29 is 23.4 Å². The molecule has 3 N–H and O–H groups in total. The maximum absolute atomic E-state index is 13.1. The highest BCUT2D eigenvalue weighted by Crippen LogP contribution is 2.26. The fourth-order valence-corrected chi connectivity index (χ4v) is 4.68. The Kier molecular flexibility index (Phi) is 5.35. The molecule has 1 atom stereocenters. The number of phenols is 1. The summed E-state index contributed by atoms with van der Waals surface area (Å²) in [5.74, 6) is -1.23. The van der Waals surface area contributed by atoms with Gasteiger partial charge in [0.1, 0.15) is 16.2 Å². The molecule has 0 amide bonds. The lowest BCUT2D eigenvalue weighted by molar-refractivity contribution is -0.144. The normalized spacial score (nSPS) is 13.9. The van der Waals surface area contributed by atoms with E-state index in [4.69, 9.17) is 0 Å². The summed E-state index contributed by atoms with van der Waals surface area (Å²) < 4.78 is 28.6. The summed E-state index contributed by atoms with van der Waals surface area (Å²) in [6.45, 7) is 1.61. The number of benzene rings is 2. The smallest absolute Gasteiger partial charge is 0.325 e. The molecule has 0 fully saturated rings. The fraction of sp³-hybridized carbons (Fsp3) is 0.200. The van der Waals surface area contributed by atoms with Gasteiger partial charge in [-0.05, 0) is 36.2 Å². The van der Waals surface area contributed by atoms with Crippen LogP contribution in [0.1, 0.15) is 18.9 Å². The lowest BCUT2D eigenvalue weighted by atomic mass is 9.89. The minimum Gasteiger partial charge on any atom is -0.508 e. The fourth-order valence-electron chi connectivity index (χ4n) is 3.07. The van der Waals surface area contributed by atoms with E-state index in [2.05, 4.69) is 9.71 Å². The summed E-state index contributed by atoms with van der Waals surface area (Å²) in [5, 5.41) is 19.9. The summed E-state index contributed by atoms with van der Waals surface area (Å²) in [6, 6.07) is 14.2. The van der Waals surface area contributed by atoms with Crippen molar-refractivity contribution in [2.75, 3.05) is 0 Å². The molecule has 3 rings (SSSR count). The van der Waals surface area contributed by atoms with Crippen LogP contribution in [0.2, 0.25) is 0 Å². The number of fused-ring (bicyclic) bond motifs is 1. The topological polar surface area (TPSA) is 117 Å².